The molecule has 4 nitrogen and oxygen atoms in total. The predicted molar refractivity (Wildman–Crippen MR) is 95.3 cm³/mol. The fourth-order valence-electron chi connectivity index (χ4n) is 4.00. The summed E-state index contributed by atoms with van der Waals surface area (Å²) in [5.74, 6) is 0.523. The van der Waals surface area contributed by atoms with Gasteiger partial charge in [0.1, 0.15) is 5.82 Å². The van der Waals surface area contributed by atoms with Gasteiger partial charge in [0.2, 0.25) is 5.91 Å². The number of benzene rings is 1. The summed E-state index contributed by atoms with van der Waals surface area (Å²) in [6.45, 7) is 1.99. The second kappa shape index (κ2) is 7.48. The van der Waals surface area contributed by atoms with Crippen LogP contribution in [0.5, 0.6) is 0 Å². The normalized spacial score (nSPS) is 21.9. The van der Waals surface area contributed by atoms with Gasteiger partial charge in [-0.1, -0.05) is 6.92 Å². The van der Waals surface area contributed by atoms with Crippen LogP contribution >= 0.6 is 0 Å². The van der Waals surface area contributed by atoms with Gasteiger partial charge in [0, 0.05) is 24.5 Å². The van der Waals surface area contributed by atoms with Crippen LogP contribution in [-0.2, 0) is 9.63 Å². The highest BCUT2D eigenvalue weighted by Gasteiger charge is 2.31. The summed E-state index contributed by atoms with van der Waals surface area (Å²) >= 11 is 0. The first-order valence-corrected chi connectivity index (χ1v) is 8.87. The van der Waals surface area contributed by atoms with Crippen LogP contribution in [-0.4, -0.2) is 30.1 Å². The van der Waals surface area contributed by atoms with Crippen molar-refractivity contribution in [3.8, 4) is 0 Å². The number of pyridine rings is 1. The maximum atomic E-state index is 13.7. The van der Waals surface area contributed by atoms with Crippen molar-refractivity contribution in [3.05, 3.63) is 41.8 Å². The molecule has 1 fully saturated rings. The molecule has 5 heteroatoms. The molecule has 1 aromatic carbocycles. The number of carbonyl (C=O) groups excluding carboxylic acids is 1. The second-order valence-corrected chi connectivity index (χ2v) is 6.98. The molecule has 2 aromatic rings. The molecule has 0 spiro atoms. The molecule has 0 N–H and O–H groups in total. The molecule has 0 radical (unpaired) electrons. The molecule has 1 aliphatic carbocycles. The van der Waals surface area contributed by atoms with Crippen molar-refractivity contribution < 1.29 is 14.0 Å². The third-order valence-electron chi connectivity index (χ3n) is 5.63. The van der Waals surface area contributed by atoms with Crippen LogP contribution < -0.4 is 0 Å². The number of hydroxylamine groups is 2. The van der Waals surface area contributed by atoms with Crippen molar-refractivity contribution in [2.75, 3.05) is 14.2 Å². The molecule has 0 saturated heterocycles. The van der Waals surface area contributed by atoms with E-state index < -0.39 is 0 Å². The Morgan fingerprint density at radius 3 is 2.68 bits per heavy atom. The molecule has 1 aliphatic rings. The van der Waals surface area contributed by atoms with E-state index in [9.17, 15) is 9.18 Å². The van der Waals surface area contributed by atoms with Gasteiger partial charge in [-0.2, -0.15) is 0 Å². The van der Waals surface area contributed by atoms with Crippen molar-refractivity contribution in [1.82, 2.24) is 10.0 Å². The molecule has 0 aliphatic heterocycles. The molecule has 1 atom stereocenters. The fourth-order valence-corrected chi connectivity index (χ4v) is 4.00. The molecule has 25 heavy (non-hydrogen) atoms. The van der Waals surface area contributed by atoms with E-state index in [4.69, 9.17) is 4.84 Å². The molecule has 3 rings (SSSR count). The topological polar surface area (TPSA) is 42.4 Å². The Kier molecular flexibility index (Phi) is 5.33. The minimum absolute atomic E-state index is 0.0300. The molecular formula is C20H25FN2O2. The van der Waals surface area contributed by atoms with Crippen LogP contribution in [0.1, 0.15) is 44.1 Å². The highest BCUT2D eigenvalue weighted by Crippen LogP contribution is 2.41. The summed E-state index contributed by atoms with van der Waals surface area (Å²) in [5, 5.41) is 2.23. The number of fused-ring (bicyclic) bond motifs is 1. The van der Waals surface area contributed by atoms with Gasteiger partial charge in [0.25, 0.3) is 0 Å². The summed E-state index contributed by atoms with van der Waals surface area (Å²) in [6, 6.07) is 6.79. The zero-order valence-corrected chi connectivity index (χ0v) is 15.0. The van der Waals surface area contributed by atoms with Gasteiger partial charge in [-0.05, 0) is 67.3 Å². The van der Waals surface area contributed by atoms with E-state index in [1.807, 2.05) is 13.0 Å². The molecule has 0 unspecified atom stereocenters. The maximum absolute atomic E-state index is 13.7. The van der Waals surface area contributed by atoms with Crippen LogP contribution in [0.4, 0.5) is 4.39 Å². The first-order chi connectivity index (χ1) is 12.0. The Morgan fingerprint density at radius 1 is 1.28 bits per heavy atom. The number of nitrogens with zero attached hydrogens (tertiary/aromatic N) is 2. The van der Waals surface area contributed by atoms with Crippen LogP contribution in [0.15, 0.2) is 30.5 Å². The van der Waals surface area contributed by atoms with E-state index in [1.165, 1.54) is 23.8 Å². The van der Waals surface area contributed by atoms with Gasteiger partial charge in [-0.25, -0.2) is 9.45 Å². The van der Waals surface area contributed by atoms with Gasteiger partial charge in [0.15, 0.2) is 0 Å². The van der Waals surface area contributed by atoms with E-state index in [0.29, 0.717) is 11.8 Å². The highest BCUT2D eigenvalue weighted by atomic mass is 19.1. The Labute approximate surface area is 147 Å². The van der Waals surface area contributed by atoms with Crippen LogP contribution in [0.2, 0.25) is 0 Å². The van der Waals surface area contributed by atoms with Crippen molar-refractivity contribution in [1.29, 1.82) is 0 Å². The van der Waals surface area contributed by atoms with Crippen LogP contribution in [0.25, 0.3) is 10.9 Å². The van der Waals surface area contributed by atoms with Crippen molar-refractivity contribution >= 4 is 16.8 Å². The third-order valence-corrected chi connectivity index (χ3v) is 5.63. The van der Waals surface area contributed by atoms with Gasteiger partial charge in [-0.3, -0.25) is 14.6 Å². The lowest BCUT2D eigenvalue weighted by molar-refractivity contribution is -0.175. The largest absolute Gasteiger partial charge is 0.275 e. The van der Waals surface area contributed by atoms with E-state index in [0.717, 1.165) is 36.6 Å². The Morgan fingerprint density at radius 2 is 2.00 bits per heavy atom. The molecule has 134 valence electrons. The Bertz CT molecular complexity index is 756. The highest BCUT2D eigenvalue weighted by molar-refractivity contribution is 5.82. The third kappa shape index (κ3) is 3.66. The van der Waals surface area contributed by atoms with Gasteiger partial charge >= 0.3 is 0 Å². The minimum Gasteiger partial charge on any atom is -0.275 e. The van der Waals surface area contributed by atoms with E-state index >= 15 is 0 Å². The Balaban J connectivity index is 1.73. The van der Waals surface area contributed by atoms with Gasteiger partial charge < -0.3 is 0 Å². The monoisotopic (exact) mass is 344 g/mol. The number of hydrogen-bond acceptors (Lipinski definition) is 3. The number of amides is 1. The predicted octanol–water partition coefficient (Wildman–Crippen LogP) is 4.30. The zero-order valence-electron chi connectivity index (χ0n) is 15.0. The van der Waals surface area contributed by atoms with E-state index in [1.54, 1.807) is 25.4 Å². The molecular weight excluding hydrogens is 319 g/mol. The standard InChI is InChI=1S/C20H25FN2O2/c1-13(20(24)23(2)25-3)14-4-6-15(7-5-14)17-10-11-22-19-9-8-16(21)12-18(17)19/h8-15H,4-7H2,1-3H3/t13-,14?,15?/m1/s1. The van der Waals surface area contributed by atoms with E-state index in [2.05, 4.69) is 4.98 Å². The van der Waals surface area contributed by atoms with E-state index in [-0.39, 0.29) is 17.6 Å². The lowest BCUT2D eigenvalue weighted by Gasteiger charge is -2.33. The number of carbonyl (C=O) groups is 1. The number of aromatic nitrogens is 1. The average Bonchev–Trinajstić information content (AvgIpc) is 2.65. The quantitative estimate of drug-likeness (QED) is 0.777. The SMILES string of the molecule is CON(C)C(=O)[C@H](C)C1CCC(c2ccnc3ccc(F)cc23)CC1. The smallest absolute Gasteiger partial charge is 0.248 e. The van der Waals surface area contributed by atoms with Crippen LogP contribution in [0.3, 0.4) is 0 Å². The Hall–Kier alpha value is -2.01. The zero-order chi connectivity index (χ0) is 18.0. The van der Waals surface area contributed by atoms with Crippen molar-refractivity contribution in [2.45, 2.75) is 38.5 Å². The summed E-state index contributed by atoms with van der Waals surface area (Å²) in [5.41, 5.74) is 2.02. The molecule has 0 bridgehead atoms. The van der Waals surface area contributed by atoms with Crippen molar-refractivity contribution in [2.24, 2.45) is 11.8 Å². The first-order valence-electron chi connectivity index (χ1n) is 8.87. The molecule has 1 heterocycles. The minimum atomic E-state index is -0.225. The summed E-state index contributed by atoms with van der Waals surface area (Å²) < 4.78 is 13.7. The number of hydrogen-bond donors (Lipinski definition) is 0. The molecule has 1 aromatic heterocycles. The van der Waals surface area contributed by atoms with Gasteiger partial charge in [0.05, 0.1) is 12.6 Å². The molecule has 1 saturated carbocycles. The number of rotatable bonds is 4. The lowest BCUT2D eigenvalue weighted by atomic mass is 9.73. The summed E-state index contributed by atoms with van der Waals surface area (Å²) in [6.07, 6.45) is 5.81. The maximum Gasteiger partial charge on any atom is 0.248 e. The summed E-state index contributed by atoms with van der Waals surface area (Å²) in [4.78, 5) is 21.6. The fraction of sp³-hybridized carbons (Fsp3) is 0.500. The molecule has 1 amide bonds. The van der Waals surface area contributed by atoms with Crippen molar-refractivity contribution in [3.63, 3.8) is 0 Å². The van der Waals surface area contributed by atoms with Crippen LogP contribution in [0, 0.1) is 17.7 Å². The summed E-state index contributed by atoms with van der Waals surface area (Å²) in [7, 11) is 3.16. The lowest BCUT2D eigenvalue weighted by Crippen LogP contribution is -2.35. The number of halogens is 1. The second-order valence-electron chi connectivity index (χ2n) is 6.98. The van der Waals surface area contributed by atoms with Gasteiger partial charge in [-0.15, -0.1) is 0 Å². The first kappa shape index (κ1) is 17.8. The average molecular weight is 344 g/mol.